The molecule has 86 valence electrons. The molecule has 0 aliphatic carbocycles. The summed E-state index contributed by atoms with van der Waals surface area (Å²) in [5, 5.41) is 7.57. The summed E-state index contributed by atoms with van der Waals surface area (Å²) in [6, 6.07) is 6.73. The van der Waals surface area contributed by atoms with Crippen molar-refractivity contribution in [1.29, 1.82) is 0 Å². The van der Waals surface area contributed by atoms with Gasteiger partial charge in [-0.15, -0.1) is 11.3 Å². The zero-order valence-electron chi connectivity index (χ0n) is 9.90. The van der Waals surface area contributed by atoms with Gasteiger partial charge in [0.05, 0.1) is 11.7 Å². The van der Waals surface area contributed by atoms with E-state index in [1.54, 1.807) is 0 Å². The molecule has 0 aromatic carbocycles. The van der Waals surface area contributed by atoms with Gasteiger partial charge in [-0.25, -0.2) is 0 Å². The van der Waals surface area contributed by atoms with Crippen LogP contribution in [0, 0.1) is 0 Å². The molecule has 0 aliphatic heterocycles. The van der Waals surface area contributed by atoms with Crippen molar-refractivity contribution in [1.82, 2.24) is 15.1 Å². The molecule has 0 saturated heterocycles. The summed E-state index contributed by atoms with van der Waals surface area (Å²) < 4.78 is 1.92. The maximum atomic E-state index is 4.22. The Hall–Kier alpha value is -1.13. The second kappa shape index (κ2) is 4.80. The van der Waals surface area contributed by atoms with E-state index in [1.807, 2.05) is 36.3 Å². The fraction of sp³-hybridized carbons (Fsp3) is 0.417. The van der Waals surface area contributed by atoms with Crippen molar-refractivity contribution >= 4 is 11.3 Å². The number of hydrogen-bond acceptors (Lipinski definition) is 3. The van der Waals surface area contributed by atoms with Gasteiger partial charge in [-0.05, 0) is 31.7 Å². The van der Waals surface area contributed by atoms with Crippen LogP contribution >= 0.6 is 11.3 Å². The lowest BCUT2D eigenvalue weighted by molar-refractivity contribution is 0.613. The highest BCUT2D eigenvalue weighted by Gasteiger charge is 2.16. The lowest BCUT2D eigenvalue weighted by Gasteiger charge is -2.14. The average Bonchev–Trinajstić information content (AvgIpc) is 2.90. The maximum Gasteiger partial charge on any atom is 0.0839 e. The highest BCUT2D eigenvalue weighted by atomic mass is 32.1. The Balaban J connectivity index is 2.32. The third-order valence-corrected chi connectivity index (χ3v) is 4.05. The van der Waals surface area contributed by atoms with Crippen molar-refractivity contribution < 1.29 is 0 Å². The quantitative estimate of drug-likeness (QED) is 0.881. The van der Waals surface area contributed by atoms with Crippen molar-refractivity contribution in [3.05, 3.63) is 39.8 Å². The molecule has 4 heteroatoms. The molecule has 2 aromatic rings. The largest absolute Gasteiger partial charge is 0.307 e. The monoisotopic (exact) mass is 235 g/mol. The molecule has 0 saturated carbocycles. The smallest absolute Gasteiger partial charge is 0.0839 e. The minimum Gasteiger partial charge on any atom is -0.307 e. The number of aromatic nitrogens is 2. The Morgan fingerprint density at radius 2 is 2.25 bits per heavy atom. The van der Waals surface area contributed by atoms with Gasteiger partial charge in [-0.1, -0.05) is 6.92 Å². The molecule has 2 heterocycles. The standard InChI is InChI=1S/C12H17N3S/c1-4-9-5-6-11(16-9)12(13-2)10-7-8-14-15(10)3/h5-8,12-13H,4H2,1-3H3. The predicted molar refractivity (Wildman–Crippen MR) is 67.8 cm³/mol. The lowest BCUT2D eigenvalue weighted by atomic mass is 10.1. The van der Waals surface area contributed by atoms with E-state index < -0.39 is 0 Å². The summed E-state index contributed by atoms with van der Waals surface area (Å²) in [6.07, 6.45) is 2.94. The SMILES string of the molecule is CCc1ccc(C(NC)c2ccnn2C)s1. The van der Waals surface area contributed by atoms with Gasteiger partial charge in [-0.2, -0.15) is 5.10 Å². The van der Waals surface area contributed by atoms with Crippen molar-refractivity contribution in [3.63, 3.8) is 0 Å². The molecule has 1 N–H and O–H groups in total. The Morgan fingerprint density at radius 1 is 1.44 bits per heavy atom. The van der Waals surface area contributed by atoms with E-state index in [0.717, 1.165) is 6.42 Å². The lowest BCUT2D eigenvalue weighted by Crippen LogP contribution is -2.19. The molecular formula is C12H17N3S. The minimum atomic E-state index is 0.248. The van der Waals surface area contributed by atoms with Gasteiger partial charge in [0.15, 0.2) is 0 Å². The number of nitrogens with one attached hydrogen (secondary N) is 1. The van der Waals surface area contributed by atoms with Gasteiger partial charge >= 0.3 is 0 Å². The third-order valence-electron chi connectivity index (χ3n) is 2.76. The Kier molecular flexibility index (Phi) is 3.41. The summed E-state index contributed by atoms with van der Waals surface area (Å²) in [5.74, 6) is 0. The molecule has 1 atom stereocenters. The Labute approximate surface area is 100 Å². The molecule has 0 radical (unpaired) electrons. The van der Waals surface area contributed by atoms with Crippen LogP contribution < -0.4 is 5.32 Å². The summed E-state index contributed by atoms with van der Waals surface area (Å²) in [4.78, 5) is 2.78. The first-order valence-corrected chi connectivity index (χ1v) is 6.31. The van der Waals surface area contributed by atoms with Gasteiger partial charge in [-0.3, -0.25) is 4.68 Å². The van der Waals surface area contributed by atoms with Crippen molar-refractivity contribution in [2.75, 3.05) is 7.05 Å². The van der Waals surface area contributed by atoms with Crippen LogP contribution in [-0.2, 0) is 13.5 Å². The molecular weight excluding hydrogens is 218 g/mol. The van der Waals surface area contributed by atoms with Gasteiger partial charge in [0.1, 0.15) is 0 Å². The van der Waals surface area contributed by atoms with E-state index in [2.05, 4.69) is 35.5 Å². The van der Waals surface area contributed by atoms with Crippen LogP contribution in [0.5, 0.6) is 0 Å². The van der Waals surface area contributed by atoms with Gasteiger partial charge in [0.2, 0.25) is 0 Å². The van der Waals surface area contributed by atoms with Crippen LogP contribution in [0.4, 0.5) is 0 Å². The van der Waals surface area contributed by atoms with E-state index in [9.17, 15) is 0 Å². The molecule has 3 nitrogen and oxygen atoms in total. The average molecular weight is 235 g/mol. The molecule has 0 aliphatic rings. The van der Waals surface area contributed by atoms with Crippen LogP contribution in [-0.4, -0.2) is 16.8 Å². The van der Waals surface area contributed by atoms with Crippen molar-refractivity contribution in [2.45, 2.75) is 19.4 Å². The van der Waals surface area contributed by atoms with E-state index in [1.165, 1.54) is 15.4 Å². The molecule has 0 spiro atoms. The molecule has 0 amide bonds. The van der Waals surface area contributed by atoms with Crippen LogP contribution in [0.25, 0.3) is 0 Å². The first-order valence-electron chi connectivity index (χ1n) is 5.50. The van der Waals surface area contributed by atoms with E-state index in [0.29, 0.717) is 0 Å². The third kappa shape index (κ3) is 2.03. The number of rotatable bonds is 4. The van der Waals surface area contributed by atoms with Crippen molar-refractivity contribution in [3.8, 4) is 0 Å². The summed E-state index contributed by atoms with van der Waals surface area (Å²) in [7, 11) is 3.97. The molecule has 16 heavy (non-hydrogen) atoms. The summed E-state index contributed by atoms with van der Waals surface area (Å²) in [5.41, 5.74) is 1.20. The first-order chi connectivity index (χ1) is 7.76. The first kappa shape index (κ1) is 11.4. The molecule has 2 rings (SSSR count). The van der Waals surface area contributed by atoms with Crippen LogP contribution in [0.3, 0.4) is 0 Å². The maximum absolute atomic E-state index is 4.22. The second-order valence-electron chi connectivity index (χ2n) is 3.76. The normalized spacial score (nSPS) is 12.9. The van der Waals surface area contributed by atoms with Gasteiger partial charge < -0.3 is 5.32 Å². The Bertz CT molecular complexity index is 458. The van der Waals surface area contributed by atoms with E-state index in [4.69, 9.17) is 0 Å². The van der Waals surface area contributed by atoms with Gasteiger partial charge in [0.25, 0.3) is 0 Å². The highest BCUT2D eigenvalue weighted by Crippen LogP contribution is 2.28. The number of nitrogens with zero attached hydrogens (tertiary/aromatic N) is 2. The molecule has 0 bridgehead atoms. The minimum absolute atomic E-state index is 0.248. The zero-order chi connectivity index (χ0) is 11.5. The fourth-order valence-corrected chi connectivity index (χ4v) is 2.92. The predicted octanol–water partition coefficient (Wildman–Crippen LogP) is 2.35. The molecule has 0 fully saturated rings. The molecule has 2 aromatic heterocycles. The second-order valence-corrected chi connectivity index (χ2v) is 4.96. The van der Waals surface area contributed by atoms with Crippen molar-refractivity contribution in [2.24, 2.45) is 7.05 Å². The number of thiophene rings is 1. The van der Waals surface area contributed by atoms with Gasteiger partial charge in [0, 0.05) is 23.0 Å². The fourth-order valence-electron chi connectivity index (χ4n) is 1.84. The van der Waals surface area contributed by atoms with Crippen LogP contribution in [0.2, 0.25) is 0 Å². The number of aryl methyl sites for hydroxylation is 2. The summed E-state index contributed by atoms with van der Waals surface area (Å²) >= 11 is 1.87. The highest BCUT2D eigenvalue weighted by molar-refractivity contribution is 7.12. The number of hydrogen-bond donors (Lipinski definition) is 1. The van der Waals surface area contributed by atoms with E-state index >= 15 is 0 Å². The zero-order valence-corrected chi connectivity index (χ0v) is 10.7. The Morgan fingerprint density at radius 3 is 2.75 bits per heavy atom. The van der Waals surface area contributed by atoms with Crippen LogP contribution in [0.15, 0.2) is 24.4 Å². The van der Waals surface area contributed by atoms with E-state index in [-0.39, 0.29) is 6.04 Å². The summed E-state index contributed by atoms with van der Waals surface area (Å²) in [6.45, 7) is 2.19. The molecule has 1 unspecified atom stereocenters. The topological polar surface area (TPSA) is 29.9 Å². The van der Waals surface area contributed by atoms with Crippen LogP contribution in [0.1, 0.15) is 28.4 Å².